The van der Waals surface area contributed by atoms with Crippen molar-refractivity contribution in [1.82, 2.24) is 9.55 Å². The quantitative estimate of drug-likeness (QED) is 0.566. The Hall–Kier alpha value is -2.59. The molecule has 1 saturated heterocycles. The Kier molecular flexibility index (Phi) is 4.91. The molecule has 9 heteroatoms. The van der Waals surface area contributed by atoms with Gasteiger partial charge in [0, 0.05) is 11.8 Å². The molecule has 0 spiro atoms. The molecule has 4 atom stereocenters. The maximum atomic E-state index is 12.2. The van der Waals surface area contributed by atoms with Gasteiger partial charge in [0.25, 0.3) is 5.91 Å². The zero-order chi connectivity index (χ0) is 18.0. The number of benzene rings is 1. The van der Waals surface area contributed by atoms with Crippen LogP contribution in [0.3, 0.4) is 0 Å². The van der Waals surface area contributed by atoms with Crippen LogP contribution in [0, 0.1) is 0 Å². The lowest BCUT2D eigenvalue weighted by atomic mass is 10.0. The lowest BCUT2D eigenvalue weighted by molar-refractivity contribution is -0.212. The second-order valence-corrected chi connectivity index (χ2v) is 5.60. The number of aliphatic hydroxyl groups is 3. The van der Waals surface area contributed by atoms with Crippen molar-refractivity contribution in [2.75, 3.05) is 11.9 Å². The number of amides is 1. The van der Waals surface area contributed by atoms with Crippen LogP contribution in [-0.2, 0) is 4.74 Å². The van der Waals surface area contributed by atoms with Crippen molar-refractivity contribution < 1.29 is 24.9 Å². The Labute approximate surface area is 142 Å². The van der Waals surface area contributed by atoms with Gasteiger partial charge in [-0.25, -0.2) is 4.79 Å². The van der Waals surface area contributed by atoms with E-state index in [1.54, 1.807) is 30.3 Å². The van der Waals surface area contributed by atoms with Crippen molar-refractivity contribution in [1.29, 1.82) is 0 Å². The molecule has 4 N–H and O–H groups in total. The number of aliphatic hydroxyl groups excluding tert-OH is 3. The second kappa shape index (κ2) is 7.11. The third-order valence-corrected chi connectivity index (χ3v) is 3.86. The van der Waals surface area contributed by atoms with Gasteiger partial charge < -0.3 is 25.4 Å². The molecule has 1 aliphatic rings. The fourth-order valence-electron chi connectivity index (χ4n) is 2.49. The molecule has 2 aromatic rings. The van der Waals surface area contributed by atoms with Crippen LogP contribution in [0.5, 0.6) is 0 Å². The van der Waals surface area contributed by atoms with Crippen LogP contribution in [0.4, 0.5) is 5.82 Å². The SMILES string of the molecule is O=C(Nc1ccn([C@H]2OC[C@@H](O)[C@@H](O)[C@@H]2O)c(=O)n1)c1ccccc1. The van der Waals surface area contributed by atoms with Crippen molar-refractivity contribution in [2.45, 2.75) is 24.5 Å². The third-order valence-electron chi connectivity index (χ3n) is 3.86. The standard InChI is InChI=1S/C16H17N3O6/c20-10-8-25-15(13(22)12(10)21)19-7-6-11(18-16(19)24)17-14(23)9-4-2-1-3-5-9/h1-7,10,12-13,15,20-22H,8H2,(H,17,18,23,24)/t10-,12-,13+,15+/m1/s1. The molecule has 2 heterocycles. The molecule has 1 aromatic carbocycles. The third kappa shape index (κ3) is 3.59. The average molecular weight is 347 g/mol. The van der Waals surface area contributed by atoms with Gasteiger partial charge in [-0.3, -0.25) is 9.36 Å². The number of carbonyl (C=O) groups excluding carboxylic acids is 1. The Morgan fingerprint density at radius 1 is 1.16 bits per heavy atom. The van der Waals surface area contributed by atoms with Crippen LogP contribution in [0.15, 0.2) is 47.4 Å². The lowest BCUT2D eigenvalue weighted by Crippen LogP contribution is -2.52. The van der Waals surface area contributed by atoms with Crippen LogP contribution in [0.25, 0.3) is 0 Å². The summed E-state index contributed by atoms with van der Waals surface area (Å²) in [4.78, 5) is 27.9. The predicted octanol–water partition coefficient (Wildman–Crippen LogP) is -0.893. The average Bonchev–Trinajstić information content (AvgIpc) is 2.61. The molecule has 0 unspecified atom stereocenters. The van der Waals surface area contributed by atoms with Gasteiger partial charge in [0.15, 0.2) is 6.23 Å². The largest absolute Gasteiger partial charge is 0.388 e. The first-order chi connectivity index (χ1) is 12.0. The predicted molar refractivity (Wildman–Crippen MR) is 85.9 cm³/mol. The molecule has 9 nitrogen and oxygen atoms in total. The van der Waals surface area contributed by atoms with Gasteiger partial charge in [-0.05, 0) is 18.2 Å². The number of nitrogens with one attached hydrogen (secondary N) is 1. The summed E-state index contributed by atoms with van der Waals surface area (Å²) >= 11 is 0. The van der Waals surface area contributed by atoms with Crippen molar-refractivity contribution in [3.63, 3.8) is 0 Å². The highest BCUT2D eigenvalue weighted by Gasteiger charge is 2.39. The van der Waals surface area contributed by atoms with Crippen molar-refractivity contribution in [3.05, 3.63) is 58.6 Å². The first-order valence-corrected chi connectivity index (χ1v) is 7.59. The van der Waals surface area contributed by atoms with Gasteiger partial charge in [0.1, 0.15) is 24.1 Å². The number of hydrogen-bond acceptors (Lipinski definition) is 7. The summed E-state index contributed by atoms with van der Waals surface area (Å²) in [7, 11) is 0. The fraction of sp³-hybridized carbons (Fsp3) is 0.312. The number of rotatable bonds is 3. The minimum atomic E-state index is -1.49. The molecule has 1 fully saturated rings. The van der Waals surface area contributed by atoms with Crippen LogP contribution in [0.1, 0.15) is 16.6 Å². The monoisotopic (exact) mass is 347 g/mol. The highest BCUT2D eigenvalue weighted by Crippen LogP contribution is 2.22. The number of nitrogens with zero attached hydrogens (tertiary/aromatic N) is 2. The summed E-state index contributed by atoms with van der Waals surface area (Å²) in [5.41, 5.74) is -0.366. The molecule has 0 bridgehead atoms. The van der Waals surface area contributed by atoms with Crippen molar-refractivity contribution in [3.8, 4) is 0 Å². The molecular formula is C16H17N3O6. The fourth-order valence-corrected chi connectivity index (χ4v) is 2.49. The summed E-state index contributed by atoms with van der Waals surface area (Å²) in [5, 5.41) is 31.6. The van der Waals surface area contributed by atoms with E-state index in [0.717, 1.165) is 4.57 Å². The van der Waals surface area contributed by atoms with E-state index >= 15 is 0 Å². The summed E-state index contributed by atoms with van der Waals surface area (Å²) in [6.45, 7) is -0.234. The van der Waals surface area contributed by atoms with E-state index in [9.17, 15) is 24.9 Å². The van der Waals surface area contributed by atoms with E-state index < -0.39 is 36.1 Å². The molecule has 0 saturated carbocycles. The summed E-state index contributed by atoms with van der Waals surface area (Å²) in [5.74, 6) is -0.376. The van der Waals surface area contributed by atoms with Crippen LogP contribution < -0.4 is 11.0 Å². The van der Waals surface area contributed by atoms with Crippen molar-refractivity contribution in [2.24, 2.45) is 0 Å². The topological polar surface area (TPSA) is 134 Å². The molecule has 25 heavy (non-hydrogen) atoms. The smallest absolute Gasteiger partial charge is 0.351 e. The Morgan fingerprint density at radius 3 is 2.56 bits per heavy atom. The minimum Gasteiger partial charge on any atom is -0.388 e. The Bertz CT molecular complexity index is 809. The van der Waals surface area contributed by atoms with Gasteiger partial charge >= 0.3 is 5.69 Å². The molecular weight excluding hydrogens is 330 g/mol. The van der Waals surface area contributed by atoms with Gasteiger partial charge in [0.2, 0.25) is 0 Å². The number of hydrogen-bond donors (Lipinski definition) is 4. The van der Waals surface area contributed by atoms with E-state index in [1.165, 1.54) is 12.3 Å². The zero-order valence-corrected chi connectivity index (χ0v) is 13.0. The Balaban J connectivity index is 1.77. The summed E-state index contributed by atoms with van der Waals surface area (Å²) in [6.07, 6.45) is -4.07. The van der Waals surface area contributed by atoms with Gasteiger partial charge in [-0.15, -0.1) is 0 Å². The maximum Gasteiger partial charge on any atom is 0.351 e. The number of anilines is 1. The van der Waals surface area contributed by atoms with Crippen molar-refractivity contribution >= 4 is 11.7 Å². The number of aromatic nitrogens is 2. The summed E-state index contributed by atoms with van der Waals surface area (Å²) < 4.78 is 6.19. The first kappa shape index (κ1) is 17.2. The van der Waals surface area contributed by atoms with Crippen LogP contribution in [0.2, 0.25) is 0 Å². The van der Waals surface area contributed by atoms with E-state index in [0.29, 0.717) is 5.56 Å². The summed E-state index contributed by atoms with van der Waals surface area (Å²) in [6, 6.07) is 9.81. The molecule has 1 amide bonds. The molecule has 3 rings (SSSR count). The second-order valence-electron chi connectivity index (χ2n) is 5.60. The minimum absolute atomic E-state index is 0.0426. The highest BCUT2D eigenvalue weighted by molar-refractivity contribution is 6.03. The molecule has 132 valence electrons. The van der Waals surface area contributed by atoms with Crippen LogP contribution in [-0.4, -0.2) is 55.7 Å². The number of carbonyl (C=O) groups is 1. The van der Waals surface area contributed by atoms with E-state index in [1.807, 2.05) is 0 Å². The Morgan fingerprint density at radius 2 is 1.88 bits per heavy atom. The van der Waals surface area contributed by atoms with Gasteiger partial charge in [-0.1, -0.05) is 18.2 Å². The van der Waals surface area contributed by atoms with Gasteiger partial charge in [-0.2, -0.15) is 4.98 Å². The molecule has 1 aliphatic heterocycles. The van der Waals surface area contributed by atoms with Gasteiger partial charge in [0.05, 0.1) is 6.61 Å². The van der Waals surface area contributed by atoms with E-state index in [2.05, 4.69) is 10.3 Å². The highest BCUT2D eigenvalue weighted by atomic mass is 16.5. The number of ether oxygens (including phenoxy) is 1. The normalized spacial score (nSPS) is 26.2. The lowest BCUT2D eigenvalue weighted by Gasteiger charge is -2.35. The van der Waals surface area contributed by atoms with Crippen LogP contribution >= 0.6 is 0 Å². The first-order valence-electron chi connectivity index (χ1n) is 7.59. The molecule has 0 aliphatic carbocycles. The molecule has 1 aromatic heterocycles. The van der Waals surface area contributed by atoms with E-state index in [4.69, 9.17) is 4.74 Å². The van der Waals surface area contributed by atoms with E-state index in [-0.39, 0.29) is 12.4 Å². The zero-order valence-electron chi connectivity index (χ0n) is 13.0. The maximum absolute atomic E-state index is 12.2. The molecule has 0 radical (unpaired) electrons.